The number of nitrogens with zero attached hydrogens (tertiary/aromatic N) is 1. The Kier molecular flexibility index (Phi) is 2.58. The molecule has 0 radical (unpaired) electrons. The van der Waals surface area contributed by atoms with Crippen LogP contribution in [-0.4, -0.2) is 10.2 Å². The molecule has 0 saturated heterocycles. The topological polar surface area (TPSA) is 28.7 Å². The molecule has 0 unspecified atom stereocenters. The number of hydrogen-bond acceptors (Lipinski definition) is 1. The number of aromatic nitrogens is 2. The summed E-state index contributed by atoms with van der Waals surface area (Å²) in [6.45, 7) is 4.27. The molecular formula is C14H15BrN2. The SMILES string of the molecule is Cc1ccc(-c2n[nH]c(C3CC3)c2Br)cc1C. The van der Waals surface area contributed by atoms with Gasteiger partial charge in [-0.1, -0.05) is 12.1 Å². The zero-order chi connectivity index (χ0) is 12.0. The molecule has 0 atom stereocenters. The van der Waals surface area contributed by atoms with Crippen LogP contribution in [0.2, 0.25) is 0 Å². The molecule has 1 heterocycles. The lowest BCUT2D eigenvalue weighted by Gasteiger charge is -2.03. The molecule has 17 heavy (non-hydrogen) atoms. The van der Waals surface area contributed by atoms with Gasteiger partial charge >= 0.3 is 0 Å². The van der Waals surface area contributed by atoms with Crippen LogP contribution in [0.15, 0.2) is 22.7 Å². The highest BCUT2D eigenvalue weighted by molar-refractivity contribution is 9.10. The molecule has 0 aliphatic heterocycles. The molecule has 3 heteroatoms. The summed E-state index contributed by atoms with van der Waals surface area (Å²) >= 11 is 3.68. The van der Waals surface area contributed by atoms with Gasteiger partial charge in [0.1, 0.15) is 5.69 Å². The van der Waals surface area contributed by atoms with Gasteiger partial charge in [-0.2, -0.15) is 5.10 Å². The molecule has 1 aliphatic rings. The van der Waals surface area contributed by atoms with Crippen molar-refractivity contribution in [2.24, 2.45) is 0 Å². The fraction of sp³-hybridized carbons (Fsp3) is 0.357. The maximum absolute atomic E-state index is 4.45. The molecule has 0 spiro atoms. The van der Waals surface area contributed by atoms with Gasteiger partial charge < -0.3 is 0 Å². The lowest BCUT2D eigenvalue weighted by molar-refractivity contribution is 0.963. The molecule has 1 aliphatic carbocycles. The van der Waals surface area contributed by atoms with Gasteiger partial charge in [-0.05, 0) is 59.8 Å². The lowest BCUT2D eigenvalue weighted by Crippen LogP contribution is -1.84. The van der Waals surface area contributed by atoms with E-state index in [1.165, 1.54) is 35.2 Å². The van der Waals surface area contributed by atoms with Gasteiger partial charge in [0.2, 0.25) is 0 Å². The van der Waals surface area contributed by atoms with E-state index in [2.05, 4.69) is 58.2 Å². The molecule has 1 N–H and O–H groups in total. The van der Waals surface area contributed by atoms with Crippen LogP contribution in [0.3, 0.4) is 0 Å². The smallest absolute Gasteiger partial charge is 0.107 e. The zero-order valence-corrected chi connectivity index (χ0v) is 11.6. The van der Waals surface area contributed by atoms with Gasteiger partial charge in [-0.3, -0.25) is 5.10 Å². The first-order chi connectivity index (χ1) is 8.16. The third-order valence-corrected chi connectivity index (χ3v) is 4.30. The first kappa shape index (κ1) is 11.0. The maximum Gasteiger partial charge on any atom is 0.107 e. The van der Waals surface area contributed by atoms with Crippen molar-refractivity contribution < 1.29 is 0 Å². The van der Waals surface area contributed by atoms with Crippen LogP contribution in [0.5, 0.6) is 0 Å². The summed E-state index contributed by atoms with van der Waals surface area (Å²) in [4.78, 5) is 0. The van der Waals surface area contributed by atoms with E-state index in [1.807, 2.05) is 0 Å². The molecule has 1 fully saturated rings. The zero-order valence-electron chi connectivity index (χ0n) is 10.0. The van der Waals surface area contributed by atoms with Crippen molar-refractivity contribution in [3.63, 3.8) is 0 Å². The van der Waals surface area contributed by atoms with Gasteiger partial charge in [-0.25, -0.2) is 0 Å². The van der Waals surface area contributed by atoms with Crippen LogP contribution >= 0.6 is 15.9 Å². The minimum atomic E-state index is 0.692. The third kappa shape index (κ3) is 1.93. The quantitative estimate of drug-likeness (QED) is 0.876. The highest BCUT2D eigenvalue weighted by Gasteiger charge is 2.29. The van der Waals surface area contributed by atoms with Crippen molar-refractivity contribution in [3.05, 3.63) is 39.5 Å². The Morgan fingerprint density at radius 2 is 2.00 bits per heavy atom. The molecule has 2 aromatic rings. The Hall–Kier alpha value is -1.09. The van der Waals surface area contributed by atoms with Crippen LogP contribution in [0.25, 0.3) is 11.3 Å². The van der Waals surface area contributed by atoms with E-state index in [0.717, 1.165) is 10.2 Å². The van der Waals surface area contributed by atoms with Crippen LogP contribution in [0, 0.1) is 13.8 Å². The largest absolute Gasteiger partial charge is 0.280 e. The number of H-pyrrole nitrogens is 1. The van der Waals surface area contributed by atoms with E-state index >= 15 is 0 Å². The molecule has 0 bridgehead atoms. The van der Waals surface area contributed by atoms with Crippen molar-refractivity contribution in [2.75, 3.05) is 0 Å². The first-order valence-electron chi connectivity index (χ1n) is 5.98. The molecule has 88 valence electrons. The molecular weight excluding hydrogens is 276 g/mol. The first-order valence-corrected chi connectivity index (χ1v) is 6.77. The van der Waals surface area contributed by atoms with Gasteiger partial charge in [0.05, 0.1) is 10.2 Å². The summed E-state index contributed by atoms with van der Waals surface area (Å²) in [7, 11) is 0. The monoisotopic (exact) mass is 290 g/mol. The Labute approximate surface area is 110 Å². The number of halogens is 1. The van der Waals surface area contributed by atoms with Crippen molar-refractivity contribution >= 4 is 15.9 Å². The third-order valence-electron chi connectivity index (χ3n) is 3.50. The number of benzene rings is 1. The van der Waals surface area contributed by atoms with Gasteiger partial charge in [0.25, 0.3) is 0 Å². The summed E-state index contributed by atoms with van der Waals surface area (Å²) in [6.07, 6.45) is 2.57. The molecule has 1 saturated carbocycles. The summed E-state index contributed by atoms with van der Waals surface area (Å²) in [6, 6.07) is 6.50. The second kappa shape index (κ2) is 3.98. The number of aromatic amines is 1. The summed E-state index contributed by atoms with van der Waals surface area (Å²) < 4.78 is 1.14. The highest BCUT2D eigenvalue weighted by Crippen LogP contribution is 2.44. The Balaban J connectivity index is 2.05. The predicted molar refractivity (Wildman–Crippen MR) is 73.2 cm³/mol. The number of hydrogen-bond donors (Lipinski definition) is 1. The van der Waals surface area contributed by atoms with Crippen LogP contribution < -0.4 is 0 Å². The Bertz CT molecular complexity index is 568. The van der Waals surface area contributed by atoms with Gasteiger partial charge in [-0.15, -0.1) is 0 Å². The predicted octanol–water partition coefficient (Wildman–Crippen LogP) is 4.33. The summed E-state index contributed by atoms with van der Waals surface area (Å²) in [5.41, 5.74) is 6.12. The van der Waals surface area contributed by atoms with E-state index in [4.69, 9.17) is 0 Å². The van der Waals surface area contributed by atoms with Gasteiger partial charge in [0.15, 0.2) is 0 Å². The highest BCUT2D eigenvalue weighted by atomic mass is 79.9. The van der Waals surface area contributed by atoms with Gasteiger partial charge in [0, 0.05) is 11.5 Å². The van der Waals surface area contributed by atoms with E-state index in [-0.39, 0.29) is 0 Å². The van der Waals surface area contributed by atoms with Crippen LogP contribution in [-0.2, 0) is 0 Å². The second-order valence-corrected chi connectivity index (χ2v) is 5.67. The number of rotatable bonds is 2. The average Bonchev–Trinajstić information content (AvgIpc) is 3.07. The number of aryl methyl sites for hydroxylation is 2. The molecule has 3 rings (SSSR count). The number of nitrogens with one attached hydrogen (secondary N) is 1. The molecule has 1 aromatic heterocycles. The fourth-order valence-corrected chi connectivity index (χ4v) is 2.79. The van der Waals surface area contributed by atoms with Crippen molar-refractivity contribution in [1.82, 2.24) is 10.2 Å². The average molecular weight is 291 g/mol. The Morgan fingerprint density at radius 3 is 2.65 bits per heavy atom. The van der Waals surface area contributed by atoms with Crippen LogP contribution in [0.1, 0.15) is 35.6 Å². The minimum absolute atomic E-state index is 0.692. The fourth-order valence-electron chi connectivity index (χ4n) is 2.06. The van der Waals surface area contributed by atoms with E-state index in [9.17, 15) is 0 Å². The van der Waals surface area contributed by atoms with E-state index < -0.39 is 0 Å². The summed E-state index contributed by atoms with van der Waals surface area (Å²) in [5.74, 6) is 0.692. The van der Waals surface area contributed by atoms with Crippen molar-refractivity contribution in [3.8, 4) is 11.3 Å². The molecule has 2 nitrogen and oxygen atoms in total. The normalized spacial score (nSPS) is 15.2. The second-order valence-electron chi connectivity index (χ2n) is 4.87. The minimum Gasteiger partial charge on any atom is -0.280 e. The van der Waals surface area contributed by atoms with Crippen molar-refractivity contribution in [1.29, 1.82) is 0 Å². The standard InChI is InChI=1S/C14H15BrN2/c1-8-3-4-11(7-9(8)2)14-12(15)13(16-17-14)10-5-6-10/h3-4,7,10H,5-6H2,1-2H3,(H,16,17). The van der Waals surface area contributed by atoms with Crippen molar-refractivity contribution in [2.45, 2.75) is 32.6 Å². The summed E-state index contributed by atoms with van der Waals surface area (Å²) in [5, 5.41) is 7.62. The van der Waals surface area contributed by atoms with Crippen LogP contribution in [0.4, 0.5) is 0 Å². The maximum atomic E-state index is 4.45. The van der Waals surface area contributed by atoms with E-state index in [0.29, 0.717) is 5.92 Å². The molecule has 0 amide bonds. The Morgan fingerprint density at radius 1 is 1.24 bits per heavy atom. The lowest BCUT2D eigenvalue weighted by atomic mass is 10.0. The van der Waals surface area contributed by atoms with E-state index in [1.54, 1.807) is 0 Å². The molecule has 1 aromatic carbocycles.